The molecular weight excluding hydrogens is 228 g/mol. The van der Waals surface area contributed by atoms with Crippen molar-refractivity contribution >= 4 is 23.6 Å². The minimum Gasteiger partial charge on any atom is -0.481 e. The highest BCUT2D eigenvalue weighted by Gasteiger charge is 2.28. The minimum atomic E-state index is -0.843. The first kappa shape index (κ1) is 13.3. The van der Waals surface area contributed by atoms with Crippen LogP contribution in [-0.4, -0.2) is 52.5 Å². The van der Waals surface area contributed by atoms with E-state index >= 15 is 0 Å². The van der Waals surface area contributed by atoms with Gasteiger partial charge >= 0.3 is 5.97 Å². The third kappa shape index (κ3) is 4.02. The van der Waals surface area contributed by atoms with Gasteiger partial charge in [0.25, 0.3) is 0 Å². The number of carbonyl (C=O) groups is 2. The molecule has 1 heterocycles. The summed E-state index contributed by atoms with van der Waals surface area (Å²) in [5.41, 5.74) is 5.35. The van der Waals surface area contributed by atoms with Crippen LogP contribution in [-0.2, 0) is 9.59 Å². The van der Waals surface area contributed by atoms with Gasteiger partial charge in [-0.1, -0.05) is 0 Å². The molecule has 1 aliphatic heterocycles. The molecule has 6 heteroatoms. The van der Waals surface area contributed by atoms with E-state index in [1.807, 2.05) is 0 Å². The number of nitrogens with two attached hydrogens (primary N) is 1. The Morgan fingerprint density at radius 1 is 1.50 bits per heavy atom. The van der Waals surface area contributed by atoms with Crippen molar-refractivity contribution in [1.82, 2.24) is 4.90 Å². The molecule has 0 aromatic heterocycles. The molecule has 5 nitrogen and oxygen atoms in total. The highest BCUT2D eigenvalue weighted by molar-refractivity contribution is 7.99. The lowest BCUT2D eigenvalue weighted by Crippen LogP contribution is -2.47. The standard InChI is InChI=1S/C10H18N2O3S/c11-3-1-2-9(13)12-4-5-16-7-8(12)6-10(14)15/h8H,1-7,11H2,(H,14,15). The zero-order valence-corrected chi connectivity index (χ0v) is 10.0. The molecule has 0 bridgehead atoms. The number of hydrogen-bond acceptors (Lipinski definition) is 4. The molecule has 0 aromatic carbocycles. The number of carbonyl (C=O) groups excluding carboxylic acids is 1. The predicted octanol–water partition coefficient (Wildman–Crippen LogP) is 0.144. The summed E-state index contributed by atoms with van der Waals surface area (Å²) in [5, 5.41) is 8.77. The van der Waals surface area contributed by atoms with Crippen LogP contribution in [0.2, 0.25) is 0 Å². The Kier molecular flexibility index (Phi) is 5.62. The predicted molar refractivity (Wildman–Crippen MR) is 63.4 cm³/mol. The maximum Gasteiger partial charge on any atom is 0.305 e. The third-order valence-electron chi connectivity index (χ3n) is 2.55. The van der Waals surface area contributed by atoms with Gasteiger partial charge in [0, 0.05) is 24.5 Å². The number of rotatable bonds is 5. The van der Waals surface area contributed by atoms with Crippen LogP contribution in [0.25, 0.3) is 0 Å². The number of nitrogens with zero attached hydrogens (tertiary/aromatic N) is 1. The van der Waals surface area contributed by atoms with E-state index in [1.165, 1.54) is 0 Å². The van der Waals surface area contributed by atoms with Crippen molar-refractivity contribution in [1.29, 1.82) is 0 Å². The molecule has 1 fully saturated rings. The molecule has 1 atom stereocenters. The number of carboxylic acid groups (broad SMARTS) is 1. The van der Waals surface area contributed by atoms with Crippen molar-refractivity contribution < 1.29 is 14.7 Å². The third-order valence-corrected chi connectivity index (χ3v) is 3.64. The van der Waals surface area contributed by atoms with Crippen LogP contribution in [0, 0.1) is 0 Å². The highest BCUT2D eigenvalue weighted by atomic mass is 32.2. The molecule has 0 spiro atoms. The van der Waals surface area contributed by atoms with Gasteiger partial charge in [0.15, 0.2) is 0 Å². The van der Waals surface area contributed by atoms with Crippen LogP contribution >= 0.6 is 11.8 Å². The maximum atomic E-state index is 11.8. The molecule has 92 valence electrons. The van der Waals surface area contributed by atoms with Gasteiger partial charge in [-0.15, -0.1) is 0 Å². The van der Waals surface area contributed by atoms with Crippen molar-refractivity contribution in [3.05, 3.63) is 0 Å². The van der Waals surface area contributed by atoms with E-state index < -0.39 is 5.97 Å². The normalized spacial score (nSPS) is 20.8. The average Bonchev–Trinajstić information content (AvgIpc) is 2.26. The fourth-order valence-electron chi connectivity index (χ4n) is 1.75. The molecule has 0 radical (unpaired) electrons. The van der Waals surface area contributed by atoms with Gasteiger partial charge < -0.3 is 15.7 Å². The molecule has 1 unspecified atom stereocenters. The molecule has 0 aliphatic carbocycles. The lowest BCUT2D eigenvalue weighted by Gasteiger charge is -2.34. The Morgan fingerprint density at radius 2 is 2.25 bits per heavy atom. The van der Waals surface area contributed by atoms with Crippen molar-refractivity contribution in [2.24, 2.45) is 5.73 Å². The summed E-state index contributed by atoms with van der Waals surface area (Å²) < 4.78 is 0. The molecule has 1 aliphatic rings. The molecule has 16 heavy (non-hydrogen) atoms. The summed E-state index contributed by atoms with van der Waals surface area (Å²) in [6.45, 7) is 1.16. The zero-order chi connectivity index (χ0) is 12.0. The number of aliphatic carboxylic acids is 1. The van der Waals surface area contributed by atoms with Gasteiger partial charge in [0.2, 0.25) is 5.91 Å². The molecular formula is C10H18N2O3S. The highest BCUT2D eigenvalue weighted by Crippen LogP contribution is 2.20. The van der Waals surface area contributed by atoms with Crippen LogP contribution in [0.4, 0.5) is 0 Å². The topological polar surface area (TPSA) is 83.6 Å². The summed E-state index contributed by atoms with van der Waals surface area (Å²) in [6, 6.07) is -0.151. The molecule has 3 N–H and O–H groups in total. The molecule has 1 saturated heterocycles. The van der Waals surface area contributed by atoms with E-state index in [0.717, 1.165) is 11.5 Å². The van der Waals surface area contributed by atoms with Gasteiger partial charge in [-0.3, -0.25) is 9.59 Å². The number of thioether (sulfide) groups is 1. The maximum absolute atomic E-state index is 11.8. The van der Waals surface area contributed by atoms with Crippen LogP contribution in [0.15, 0.2) is 0 Å². The summed E-state index contributed by atoms with van der Waals surface area (Å²) in [4.78, 5) is 24.2. The van der Waals surface area contributed by atoms with Gasteiger partial charge in [-0.2, -0.15) is 11.8 Å². The number of hydrogen-bond donors (Lipinski definition) is 2. The fraction of sp³-hybridized carbons (Fsp3) is 0.800. The average molecular weight is 246 g/mol. The lowest BCUT2D eigenvalue weighted by atomic mass is 10.1. The first-order chi connectivity index (χ1) is 7.65. The molecule has 0 saturated carbocycles. The van der Waals surface area contributed by atoms with Crippen molar-refractivity contribution in [2.75, 3.05) is 24.6 Å². The Labute approximate surface area is 99.4 Å². The van der Waals surface area contributed by atoms with Crippen LogP contribution in [0.3, 0.4) is 0 Å². The second kappa shape index (κ2) is 6.75. The summed E-state index contributed by atoms with van der Waals surface area (Å²) in [6.07, 6.45) is 1.14. The Hall–Kier alpha value is -0.750. The fourth-order valence-corrected chi connectivity index (χ4v) is 2.81. The van der Waals surface area contributed by atoms with Crippen LogP contribution in [0.1, 0.15) is 19.3 Å². The summed E-state index contributed by atoms with van der Waals surface area (Å²) >= 11 is 1.71. The van der Waals surface area contributed by atoms with E-state index in [-0.39, 0.29) is 18.4 Å². The summed E-state index contributed by atoms with van der Waals surface area (Å²) in [5.74, 6) is 0.812. The van der Waals surface area contributed by atoms with Gasteiger partial charge in [0.05, 0.1) is 12.5 Å². The zero-order valence-electron chi connectivity index (χ0n) is 9.22. The smallest absolute Gasteiger partial charge is 0.305 e. The van der Waals surface area contributed by atoms with Gasteiger partial charge in [-0.05, 0) is 13.0 Å². The molecule has 0 aromatic rings. The number of carboxylic acids is 1. The first-order valence-corrected chi connectivity index (χ1v) is 6.59. The molecule has 1 rings (SSSR count). The van der Waals surface area contributed by atoms with Gasteiger partial charge in [-0.25, -0.2) is 0 Å². The largest absolute Gasteiger partial charge is 0.481 e. The Balaban J connectivity index is 2.51. The monoisotopic (exact) mass is 246 g/mol. The van der Waals surface area contributed by atoms with Crippen molar-refractivity contribution in [3.63, 3.8) is 0 Å². The SMILES string of the molecule is NCCCC(=O)N1CCSCC1CC(=O)O. The van der Waals surface area contributed by atoms with E-state index in [1.54, 1.807) is 16.7 Å². The lowest BCUT2D eigenvalue weighted by molar-refractivity contribution is -0.140. The van der Waals surface area contributed by atoms with E-state index in [9.17, 15) is 9.59 Å². The Morgan fingerprint density at radius 3 is 2.88 bits per heavy atom. The van der Waals surface area contributed by atoms with Crippen LogP contribution in [0.5, 0.6) is 0 Å². The van der Waals surface area contributed by atoms with Gasteiger partial charge in [0.1, 0.15) is 0 Å². The quantitative estimate of drug-likeness (QED) is 0.721. The first-order valence-electron chi connectivity index (χ1n) is 5.44. The van der Waals surface area contributed by atoms with E-state index in [4.69, 9.17) is 10.8 Å². The van der Waals surface area contributed by atoms with Crippen molar-refractivity contribution in [2.45, 2.75) is 25.3 Å². The summed E-state index contributed by atoms with van der Waals surface area (Å²) in [7, 11) is 0. The van der Waals surface area contributed by atoms with Crippen LogP contribution < -0.4 is 5.73 Å². The van der Waals surface area contributed by atoms with Crippen molar-refractivity contribution in [3.8, 4) is 0 Å². The van der Waals surface area contributed by atoms with E-state index in [0.29, 0.717) is 25.9 Å². The molecule has 1 amide bonds. The Bertz CT molecular complexity index is 260. The second-order valence-electron chi connectivity index (χ2n) is 3.81. The number of amides is 1. The van der Waals surface area contributed by atoms with E-state index in [2.05, 4.69) is 0 Å². The second-order valence-corrected chi connectivity index (χ2v) is 4.96. The minimum absolute atomic E-state index is 0.0389.